The predicted octanol–water partition coefficient (Wildman–Crippen LogP) is 1.50. The van der Waals surface area contributed by atoms with E-state index in [1.807, 2.05) is 50.2 Å². The lowest BCUT2D eigenvalue weighted by molar-refractivity contribution is 0.753. The maximum atomic E-state index is 13.0. The minimum absolute atomic E-state index is 0.129. The average molecular weight is 306 g/mol. The molecule has 0 bridgehead atoms. The first-order valence-electron chi connectivity index (χ1n) is 7.28. The Kier molecular flexibility index (Phi) is 2.94. The minimum atomic E-state index is -0.129. The number of tetrazole rings is 1. The van der Waals surface area contributed by atoms with Crippen LogP contribution in [-0.2, 0) is 6.54 Å². The van der Waals surface area contributed by atoms with Crippen LogP contribution in [-0.4, -0.2) is 29.6 Å². The van der Waals surface area contributed by atoms with E-state index in [-0.39, 0.29) is 5.56 Å². The molecule has 0 N–H and O–H groups in total. The largest absolute Gasteiger partial charge is 0.270 e. The van der Waals surface area contributed by atoms with E-state index in [1.54, 1.807) is 4.57 Å². The molecule has 0 atom stereocenters. The van der Waals surface area contributed by atoms with Crippen molar-refractivity contribution < 1.29 is 0 Å². The highest BCUT2D eigenvalue weighted by Gasteiger charge is 2.16. The molecule has 3 aromatic heterocycles. The van der Waals surface area contributed by atoms with Gasteiger partial charge < -0.3 is 0 Å². The molecule has 0 amide bonds. The Morgan fingerprint density at radius 2 is 1.91 bits per heavy atom. The summed E-state index contributed by atoms with van der Waals surface area (Å²) in [4.78, 5) is 17.4. The maximum absolute atomic E-state index is 13.0. The van der Waals surface area contributed by atoms with Gasteiger partial charge in [0, 0.05) is 5.69 Å². The summed E-state index contributed by atoms with van der Waals surface area (Å²) in [5, 5.41) is 12.3. The van der Waals surface area contributed by atoms with E-state index in [0.717, 1.165) is 16.8 Å². The smallest absolute Gasteiger partial charge is 0.265 e. The Labute approximate surface area is 131 Å². The molecule has 7 heteroatoms. The number of hydrogen-bond acceptors (Lipinski definition) is 5. The molecule has 0 unspecified atom stereocenters. The van der Waals surface area contributed by atoms with Gasteiger partial charge in [-0.1, -0.05) is 35.4 Å². The zero-order valence-electron chi connectivity index (χ0n) is 12.8. The topological polar surface area (TPSA) is 78.0 Å². The van der Waals surface area contributed by atoms with Crippen molar-refractivity contribution in [2.45, 2.75) is 20.4 Å². The molecule has 0 saturated carbocycles. The van der Waals surface area contributed by atoms with Crippen molar-refractivity contribution >= 4 is 16.8 Å². The zero-order chi connectivity index (χ0) is 16.0. The van der Waals surface area contributed by atoms with Gasteiger partial charge in [-0.3, -0.25) is 9.36 Å². The van der Waals surface area contributed by atoms with Crippen LogP contribution in [0.1, 0.15) is 16.8 Å². The highest BCUT2D eigenvalue weighted by atomic mass is 16.1. The third-order valence-electron chi connectivity index (χ3n) is 3.86. The number of fused-ring (bicyclic) bond motifs is 3. The van der Waals surface area contributed by atoms with E-state index < -0.39 is 0 Å². The molecule has 0 aliphatic carbocycles. The van der Waals surface area contributed by atoms with E-state index in [0.29, 0.717) is 23.4 Å². The Morgan fingerprint density at radius 1 is 1.13 bits per heavy atom. The van der Waals surface area contributed by atoms with Gasteiger partial charge in [0.2, 0.25) is 0 Å². The van der Waals surface area contributed by atoms with E-state index >= 15 is 0 Å². The fourth-order valence-electron chi connectivity index (χ4n) is 2.86. The quantitative estimate of drug-likeness (QED) is 0.561. The lowest BCUT2D eigenvalue weighted by atomic mass is 10.1. The molecule has 1 aromatic carbocycles. The van der Waals surface area contributed by atoms with Crippen LogP contribution >= 0.6 is 0 Å². The summed E-state index contributed by atoms with van der Waals surface area (Å²) in [5.41, 5.74) is 3.08. The van der Waals surface area contributed by atoms with Crippen LogP contribution in [0.3, 0.4) is 0 Å². The van der Waals surface area contributed by atoms with Crippen LogP contribution < -0.4 is 5.56 Å². The molecule has 23 heavy (non-hydrogen) atoms. The average Bonchev–Trinajstić information content (AvgIpc) is 3.01. The van der Waals surface area contributed by atoms with Gasteiger partial charge in [0.25, 0.3) is 11.3 Å². The van der Waals surface area contributed by atoms with Gasteiger partial charge in [-0.05, 0) is 41.5 Å². The first kappa shape index (κ1) is 13.6. The van der Waals surface area contributed by atoms with Gasteiger partial charge in [-0.15, -0.1) is 0 Å². The molecule has 0 spiro atoms. The molecule has 3 heterocycles. The number of rotatable bonds is 2. The third-order valence-corrected chi connectivity index (χ3v) is 3.86. The summed E-state index contributed by atoms with van der Waals surface area (Å²) in [6.45, 7) is 4.20. The first-order valence-corrected chi connectivity index (χ1v) is 7.28. The molecule has 7 nitrogen and oxygen atoms in total. The Balaban J connectivity index is 2.09. The molecular weight excluding hydrogens is 292 g/mol. The van der Waals surface area contributed by atoms with Crippen LogP contribution in [0.15, 0.2) is 41.2 Å². The summed E-state index contributed by atoms with van der Waals surface area (Å²) in [5.74, 6) is 0.392. The molecule has 0 radical (unpaired) electrons. The number of benzene rings is 1. The van der Waals surface area contributed by atoms with E-state index in [2.05, 4.69) is 20.5 Å². The van der Waals surface area contributed by atoms with Crippen LogP contribution in [0, 0.1) is 13.8 Å². The summed E-state index contributed by atoms with van der Waals surface area (Å²) in [7, 11) is 0. The standard InChI is InChI=1S/C16H14N6O/c1-10-8-11(2)17-14-13(10)15(23)21(16-18-19-20-22(14)16)9-12-6-4-3-5-7-12/h3-8H,9H2,1-2H3. The molecule has 114 valence electrons. The van der Waals surface area contributed by atoms with Gasteiger partial charge in [0.1, 0.15) is 0 Å². The highest BCUT2D eigenvalue weighted by molar-refractivity contribution is 5.79. The van der Waals surface area contributed by atoms with Crippen molar-refractivity contribution in [1.82, 2.24) is 29.6 Å². The molecule has 0 aliphatic rings. The van der Waals surface area contributed by atoms with Gasteiger partial charge in [-0.2, -0.15) is 4.52 Å². The molecule has 4 aromatic rings. The second kappa shape index (κ2) is 4.98. The summed E-state index contributed by atoms with van der Waals surface area (Å²) in [6.07, 6.45) is 0. The van der Waals surface area contributed by atoms with Crippen LogP contribution in [0.25, 0.3) is 16.8 Å². The molecule has 4 rings (SSSR count). The second-order valence-corrected chi connectivity index (χ2v) is 5.55. The van der Waals surface area contributed by atoms with Crippen molar-refractivity contribution in [3.05, 3.63) is 63.6 Å². The predicted molar refractivity (Wildman–Crippen MR) is 85.4 cm³/mol. The van der Waals surface area contributed by atoms with Crippen molar-refractivity contribution in [3.8, 4) is 0 Å². The van der Waals surface area contributed by atoms with Crippen LogP contribution in [0.4, 0.5) is 0 Å². The fourth-order valence-corrected chi connectivity index (χ4v) is 2.86. The monoisotopic (exact) mass is 306 g/mol. The Hall–Kier alpha value is -3.09. The minimum Gasteiger partial charge on any atom is -0.270 e. The van der Waals surface area contributed by atoms with Crippen molar-refractivity contribution in [2.75, 3.05) is 0 Å². The Morgan fingerprint density at radius 3 is 2.70 bits per heavy atom. The Bertz CT molecular complexity index is 1080. The molecular formula is C16H14N6O. The van der Waals surface area contributed by atoms with Crippen LogP contribution in [0.5, 0.6) is 0 Å². The van der Waals surface area contributed by atoms with Crippen molar-refractivity contribution in [2.24, 2.45) is 0 Å². The summed E-state index contributed by atoms with van der Waals surface area (Å²) >= 11 is 0. The van der Waals surface area contributed by atoms with Gasteiger partial charge in [-0.25, -0.2) is 4.98 Å². The van der Waals surface area contributed by atoms with E-state index in [9.17, 15) is 4.79 Å². The number of hydrogen-bond donors (Lipinski definition) is 0. The van der Waals surface area contributed by atoms with Gasteiger partial charge >= 0.3 is 0 Å². The number of aryl methyl sites for hydroxylation is 2. The van der Waals surface area contributed by atoms with Crippen LogP contribution in [0.2, 0.25) is 0 Å². The molecule has 0 aliphatic heterocycles. The summed E-state index contributed by atoms with van der Waals surface area (Å²) in [6, 6.07) is 11.7. The second-order valence-electron chi connectivity index (χ2n) is 5.55. The lowest BCUT2D eigenvalue weighted by Gasteiger charge is -2.10. The lowest BCUT2D eigenvalue weighted by Crippen LogP contribution is -2.25. The first-order chi connectivity index (χ1) is 11.1. The highest BCUT2D eigenvalue weighted by Crippen LogP contribution is 2.15. The zero-order valence-corrected chi connectivity index (χ0v) is 12.8. The molecule has 0 fully saturated rings. The fraction of sp³-hybridized carbons (Fsp3) is 0.188. The number of nitrogens with zero attached hydrogens (tertiary/aromatic N) is 6. The van der Waals surface area contributed by atoms with Crippen molar-refractivity contribution in [3.63, 3.8) is 0 Å². The third kappa shape index (κ3) is 2.09. The number of pyridine rings is 1. The number of aromatic nitrogens is 6. The summed E-state index contributed by atoms with van der Waals surface area (Å²) < 4.78 is 3.11. The maximum Gasteiger partial charge on any atom is 0.265 e. The molecule has 0 saturated heterocycles. The normalized spacial score (nSPS) is 11.4. The van der Waals surface area contributed by atoms with Crippen molar-refractivity contribution in [1.29, 1.82) is 0 Å². The van der Waals surface area contributed by atoms with E-state index in [4.69, 9.17) is 0 Å². The SMILES string of the molecule is Cc1cc(C)c2c(=O)n(Cc3ccccc3)c3nnnn3c2n1. The van der Waals surface area contributed by atoms with Gasteiger partial charge in [0.15, 0.2) is 5.65 Å². The van der Waals surface area contributed by atoms with E-state index in [1.165, 1.54) is 4.52 Å². The van der Waals surface area contributed by atoms with Gasteiger partial charge in [0.05, 0.1) is 11.9 Å².